The predicted octanol–water partition coefficient (Wildman–Crippen LogP) is 10.3. The number of aromatic nitrogens is 4. The second-order valence-electron chi connectivity index (χ2n) is 18.6. The van der Waals surface area contributed by atoms with E-state index in [2.05, 4.69) is 79.2 Å². The number of aryl methyl sites for hydroxylation is 2. The van der Waals surface area contributed by atoms with Gasteiger partial charge in [-0.25, -0.2) is 15.0 Å². The van der Waals surface area contributed by atoms with Gasteiger partial charge in [-0.2, -0.15) is 0 Å². The van der Waals surface area contributed by atoms with Crippen LogP contribution in [0, 0.1) is 27.7 Å². The zero-order chi connectivity index (χ0) is 47.0. The molecule has 342 valence electrons. The van der Waals surface area contributed by atoms with Gasteiger partial charge >= 0.3 is 0 Å². The van der Waals surface area contributed by atoms with Crippen LogP contribution >= 0.6 is 21.8 Å². The Morgan fingerprint density at radius 2 is 1.17 bits per heavy atom. The number of H-pyrrole nitrogens is 1. The number of pyridine rings is 4. The number of nitrogens with one attached hydrogen (secondary N) is 3. The van der Waals surface area contributed by atoms with Crippen molar-refractivity contribution in [1.82, 2.24) is 19.9 Å². The third-order valence-electron chi connectivity index (χ3n) is 12.7. The Bertz CT molecular complexity index is 2900. The first kappa shape index (κ1) is 46.6. The molecule has 2 amide bonds. The maximum Gasteiger partial charge on any atom is 0.248 e. The normalized spacial score (nSPS) is 15.5. The number of aromatic amines is 1. The van der Waals surface area contributed by atoms with Crippen molar-refractivity contribution in [2.75, 3.05) is 31.0 Å². The molecule has 2 saturated carbocycles. The number of hydrogen-bond acceptors (Lipinski definition) is 9. The summed E-state index contributed by atoms with van der Waals surface area (Å²) in [6, 6.07) is 23.2. The number of carbonyl (C=O) groups excluding carboxylic acids is 2. The van der Waals surface area contributed by atoms with E-state index in [1.165, 1.54) is 17.2 Å². The van der Waals surface area contributed by atoms with Crippen molar-refractivity contribution in [3.05, 3.63) is 140 Å². The average molecular weight is 1020 g/mol. The Morgan fingerprint density at radius 1 is 0.697 bits per heavy atom. The van der Waals surface area contributed by atoms with Crippen LogP contribution < -0.4 is 30.4 Å². The lowest BCUT2D eigenvalue weighted by Gasteiger charge is -2.18. The lowest BCUT2D eigenvalue weighted by molar-refractivity contribution is -0.119. The summed E-state index contributed by atoms with van der Waals surface area (Å²) in [4.78, 5) is 54.6. The fourth-order valence-corrected chi connectivity index (χ4v) is 8.41. The summed E-state index contributed by atoms with van der Waals surface area (Å²) in [6.07, 6.45) is 8.43. The largest absolute Gasteiger partial charge is 0.493 e. The third-order valence-corrected chi connectivity index (χ3v) is 12.7. The molecule has 0 saturated heterocycles. The maximum absolute atomic E-state index is 13.3. The summed E-state index contributed by atoms with van der Waals surface area (Å²) in [5, 5.41) is 6.13. The SMILES string of the molecule is COc1cc(-c2nc(NC(=O)C3(c4ccc5c(c4)CCO5)CC3)cc(C)c2C)ccn1.C[Si](C)(C)I.Cc1cc(NC(=O)C2(c3ccc4c(c3)CCO4)CC2)nc(-c2cc[nH]c(=O)c2)c1C. The van der Waals surface area contributed by atoms with Crippen LogP contribution in [-0.4, -0.2) is 57.6 Å². The van der Waals surface area contributed by atoms with E-state index in [0.29, 0.717) is 36.4 Å². The number of halogens is 1. The van der Waals surface area contributed by atoms with Gasteiger partial charge in [0.25, 0.3) is 0 Å². The van der Waals surface area contributed by atoms with E-state index in [1.807, 2.05) is 82.3 Å². The third kappa shape index (κ3) is 10.2. The minimum absolute atomic E-state index is 0.000349. The fraction of sp³-hybridized carbons (Fsp3) is 0.346. The molecule has 0 atom stereocenters. The zero-order valence-electron chi connectivity index (χ0n) is 38.9. The van der Waals surface area contributed by atoms with Crippen LogP contribution in [-0.2, 0) is 33.3 Å². The van der Waals surface area contributed by atoms with Crippen molar-refractivity contribution < 1.29 is 23.8 Å². The molecule has 14 heteroatoms. The molecule has 2 aliphatic heterocycles. The van der Waals surface area contributed by atoms with Crippen molar-refractivity contribution in [2.45, 2.75) is 96.7 Å². The van der Waals surface area contributed by atoms with Gasteiger partial charge in [-0.15, -0.1) is 21.8 Å². The number of anilines is 2. The first-order valence-electron chi connectivity index (χ1n) is 22.5. The standard InChI is InChI=1S/C25H25N3O3.C24H23N3O3.C3H9ISi/c1-15-12-21(27-23(16(15)2)18-6-10-26-22(14-18)30-3)28-24(29)25(8-9-25)19-4-5-20-17(13-19)7-11-31-20;1-14-11-20(26-22(15(14)2)17-5-9-25-21(28)13-17)27-23(29)24(7-8-24)18-3-4-19-16(12-18)6-10-30-19;1-5(2,3)4/h4-6,10,12-14H,7-9,11H2,1-3H3,(H,27,28,29);3-5,9,11-13H,6-8,10H2,1-2H3,(H,25,28)(H,26,27,29);1-3H3. The van der Waals surface area contributed by atoms with Gasteiger partial charge in [0, 0.05) is 48.5 Å². The molecule has 6 heterocycles. The van der Waals surface area contributed by atoms with Crippen molar-refractivity contribution >= 4 is 50.8 Å². The molecule has 3 N–H and O–H groups in total. The number of nitrogens with zero attached hydrogens (tertiary/aromatic N) is 3. The lowest BCUT2D eigenvalue weighted by Crippen LogP contribution is -2.28. The number of fused-ring (bicyclic) bond motifs is 2. The van der Waals surface area contributed by atoms with E-state index in [4.69, 9.17) is 19.2 Å². The molecule has 2 aromatic carbocycles. The number of carbonyl (C=O) groups is 2. The van der Waals surface area contributed by atoms with Gasteiger partial charge in [0.1, 0.15) is 28.7 Å². The summed E-state index contributed by atoms with van der Waals surface area (Å²) in [5.41, 5.74) is 9.96. The number of ether oxygens (including phenoxy) is 3. The summed E-state index contributed by atoms with van der Waals surface area (Å²) < 4.78 is 16.5. The summed E-state index contributed by atoms with van der Waals surface area (Å²) >= 11 is 2.52. The molecule has 12 nitrogen and oxygen atoms in total. The van der Waals surface area contributed by atoms with E-state index in [0.717, 1.165) is 100 Å². The molecule has 0 spiro atoms. The number of hydrogen-bond donors (Lipinski definition) is 3. The monoisotopic (exact) mass is 1020 g/mol. The van der Waals surface area contributed by atoms with Gasteiger partial charge < -0.3 is 29.8 Å². The molecule has 2 fully saturated rings. The summed E-state index contributed by atoms with van der Waals surface area (Å²) in [6.45, 7) is 16.4. The second-order valence-corrected chi connectivity index (χ2v) is 32.4. The molecule has 10 rings (SSSR count). The molecular weight excluding hydrogens is 960 g/mol. The Hall–Kier alpha value is -5.87. The second kappa shape index (κ2) is 18.8. The first-order chi connectivity index (χ1) is 31.5. The van der Waals surface area contributed by atoms with Crippen LogP contribution in [0.3, 0.4) is 0 Å². The summed E-state index contributed by atoms with van der Waals surface area (Å²) in [7, 11) is 1.59. The van der Waals surface area contributed by atoms with E-state index in [1.54, 1.807) is 19.5 Å². The lowest BCUT2D eigenvalue weighted by atomic mass is 9.92. The molecule has 4 aromatic heterocycles. The molecule has 0 bridgehead atoms. The van der Waals surface area contributed by atoms with Gasteiger partial charge in [-0.1, -0.05) is 43.9 Å². The van der Waals surface area contributed by atoms with Crippen LogP contribution in [0.1, 0.15) is 70.2 Å². The highest BCUT2D eigenvalue weighted by atomic mass is 127. The number of rotatable bonds is 9. The zero-order valence-corrected chi connectivity index (χ0v) is 42.1. The Balaban J connectivity index is 0.000000163. The van der Waals surface area contributed by atoms with E-state index < -0.39 is 16.4 Å². The number of amides is 2. The summed E-state index contributed by atoms with van der Waals surface area (Å²) in [5.74, 6) is 3.43. The molecule has 4 aliphatic rings. The first-order valence-corrected chi connectivity index (χ1v) is 29.1. The number of benzene rings is 2. The fourth-order valence-electron chi connectivity index (χ4n) is 8.41. The van der Waals surface area contributed by atoms with E-state index in [9.17, 15) is 14.4 Å². The van der Waals surface area contributed by atoms with E-state index >= 15 is 0 Å². The van der Waals surface area contributed by atoms with Crippen LogP contribution in [0.15, 0.2) is 90.0 Å². The molecule has 2 aliphatic carbocycles. The van der Waals surface area contributed by atoms with Crippen molar-refractivity contribution in [2.24, 2.45) is 0 Å². The quantitative estimate of drug-likeness (QED) is 0.0729. The van der Waals surface area contributed by atoms with Gasteiger partial charge in [-0.3, -0.25) is 14.4 Å². The number of methoxy groups -OCH3 is 1. The van der Waals surface area contributed by atoms with Crippen molar-refractivity contribution in [3.63, 3.8) is 0 Å². The van der Waals surface area contributed by atoms with Crippen LogP contribution in [0.4, 0.5) is 11.6 Å². The van der Waals surface area contributed by atoms with Crippen molar-refractivity contribution in [1.29, 1.82) is 0 Å². The van der Waals surface area contributed by atoms with Crippen LogP contribution in [0.2, 0.25) is 19.6 Å². The topological polar surface area (TPSA) is 157 Å². The highest BCUT2D eigenvalue weighted by molar-refractivity contribution is 14.1. The van der Waals surface area contributed by atoms with Crippen LogP contribution in [0.25, 0.3) is 22.5 Å². The predicted molar refractivity (Wildman–Crippen MR) is 271 cm³/mol. The highest BCUT2D eigenvalue weighted by Crippen LogP contribution is 2.51. The maximum atomic E-state index is 13.3. The smallest absolute Gasteiger partial charge is 0.248 e. The Morgan fingerprint density at radius 3 is 1.61 bits per heavy atom. The molecule has 0 unspecified atom stereocenters. The van der Waals surface area contributed by atoms with Crippen molar-refractivity contribution in [3.8, 4) is 39.9 Å². The molecule has 6 aromatic rings. The van der Waals surface area contributed by atoms with E-state index in [-0.39, 0.29) is 17.4 Å². The van der Waals surface area contributed by atoms with Gasteiger partial charge in [0.05, 0.1) is 42.5 Å². The molecular formula is C52H57IN6O6Si. The Labute approximate surface area is 400 Å². The molecule has 0 radical (unpaired) electrons. The highest BCUT2D eigenvalue weighted by Gasteiger charge is 2.52. The van der Waals surface area contributed by atoms with Gasteiger partial charge in [0.15, 0.2) is 0 Å². The Kier molecular flexibility index (Phi) is 13.3. The average Bonchev–Trinajstić information content (AvgIpc) is 4.18. The van der Waals surface area contributed by atoms with Gasteiger partial charge in [-0.05, 0) is 134 Å². The van der Waals surface area contributed by atoms with Crippen LogP contribution in [0.5, 0.6) is 17.4 Å². The minimum Gasteiger partial charge on any atom is -0.493 e. The molecule has 66 heavy (non-hydrogen) atoms. The van der Waals surface area contributed by atoms with Gasteiger partial charge in [0.2, 0.25) is 23.3 Å². The minimum atomic E-state index is -0.641.